The molecular formula is C32H30N6. The highest BCUT2D eigenvalue weighted by molar-refractivity contribution is 5.90. The first kappa shape index (κ1) is 21.2. The van der Waals surface area contributed by atoms with E-state index in [1.54, 1.807) is 0 Å². The number of hydrogen-bond acceptors (Lipinski definition) is 4. The van der Waals surface area contributed by atoms with E-state index >= 15 is 0 Å². The van der Waals surface area contributed by atoms with E-state index in [9.17, 15) is 0 Å². The minimum atomic E-state index is 0.381. The second-order valence-corrected chi connectivity index (χ2v) is 11.8. The molecule has 2 aliphatic carbocycles. The van der Waals surface area contributed by atoms with Crippen LogP contribution < -0.4 is 10.6 Å². The molecule has 2 saturated carbocycles. The van der Waals surface area contributed by atoms with Crippen LogP contribution in [0.5, 0.6) is 0 Å². The molecule has 0 radical (unpaired) electrons. The van der Waals surface area contributed by atoms with Crippen LogP contribution >= 0.6 is 0 Å². The van der Waals surface area contributed by atoms with Crippen molar-refractivity contribution >= 4 is 10.8 Å². The lowest BCUT2D eigenvalue weighted by Crippen LogP contribution is -2.18. The molecule has 0 bridgehead atoms. The summed E-state index contributed by atoms with van der Waals surface area (Å²) in [5.41, 5.74) is 6.97. The van der Waals surface area contributed by atoms with Gasteiger partial charge in [0.25, 0.3) is 0 Å². The molecule has 6 atom stereocenters. The first-order valence-electron chi connectivity index (χ1n) is 14.0. The van der Waals surface area contributed by atoms with Gasteiger partial charge in [-0.2, -0.15) is 0 Å². The van der Waals surface area contributed by atoms with Crippen molar-refractivity contribution in [3.05, 3.63) is 84.7 Å². The maximum atomic E-state index is 4.69. The summed E-state index contributed by atoms with van der Waals surface area (Å²) >= 11 is 0. The molecule has 2 aromatic heterocycles. The molecule has 2 aliphatic heterocycles. The second kappa shape index (κ2) is 7.88. The molecule has 4 fully saturated rings. The van der Waals surface area contributed by atoms with Gasteiger partial charge in [-0.05, 0) is 77.1 Å². The first-order chi connectivity index (χ1) is 18.7. The molecular weight excluding hydrogens is 468 g/mol. The first-order valence-corrected chi connectivity index (χ1v) is 14.0. The summed E-state index contributed by atoms with van der Waals surface area (Å²) in [5.74, 6) is 3.87. The molecule has 4 heterocycles. The van der Waals surface area contributed by atoms with Crippen LogP contribution in [0.15, 0.2) is 73.1 Å². The predicted octanol–water partition coefficient (Wildman–Crippen LogP) is 6.13. The predicted molar refractivity (Wildman–Crippen MR) is 149 cm³/mol. The Morgan fingerprint density at radius 1 is 0.526 bits per heavy atom. The van der Waals surface area contributed by atoms with Crippen molar-refractivity contribution in [2.45, 2.75) is 49.9 Å². The summed E-state index contributed by atoms with van der Waals surface area (Å²) in [4.78, 5) is 16.5. The number of H-pyrrole nitrogens is 2. The monoisotopic (exact) mass is 498 g/mol. The molecule has 0 amide bonds. The van der Waals surface area contributed by atoms with Gasteiger partial charge in [0.15, 0.2) is 0 Å². The Balaban J connectivity index is 0.938. The van der Waals surface area contributed by atoms with Crippen molar-refractivity contribution in [2.75, 3.05) is 0 Å². The topological polar surface area (TPSA) is 81.4 Å². The van der Waals surface area contributed by atoms with Gasteiger partial charge in [0, 0.05) is 17.6 Å². The minimum absolute atomic E-state index is 0.381. The van der Waals surface area contributed by atoms with Crippen molar-refractivity contribution in [1.29, 1.82) is 0 Å². The zero-order valence-electron chi connectivity index (χ0n) is 21.1. The third kappa shape index (κ3) is 3.55. The Bertz CT molecular complexity index is 1660. The number of hydrogen-bond donors (Lipinski definition) is 4. The van der Waals surface area contributed by atoms with Crippen LogP contribution in [0.25, 0.3) is 44.4 Å². The molecule has 9 rings (SSSR count). The Morgan fingerprint density at radius 3 is 1.61 bits per heavy atom. The van der Waals surface area contributed by atoms with Crippen LogP contribution in [-0.2, 0) is 0 Å². The summed E-state index contributed by atoms with van der Waals surface area (Å²) in [6.45, 7) is 0. The van der Waals surface area contributed by atoms with Crippen LogP contribution in [0.3, 0.4) is 0 Å². The van der Waals surface area contributed by atoms with E-state index in [-0.39, 0.29) is 0 Å². The molecule has 6 heteroatoms. The fraction of sp³-hybridized carbons (Fsp3) is 0.312. The average Bonchev–Trinajstić information content (AvgIpc) is 3.52. The van der Waals surface area contributed by atoms with Crippen LogP contribution in [0.1, 0.15) is 49.4 Å². The number of imidazole rings is 2. The summed E-state index contributed by atoms with van der Waals surface area (Å²) in [5, 5.41) is 9.85. The maximum absolute atomic E-state index is 4.69. The Kier molecular flexibility index (Phi) is 4.40. The molecule has 38 heavy (non-hydrogen) atoms. The summed E-state index contributed by atoms with van der Waals surface area (Å²) in [7, 11) is 0. The largest absolute Gasteiger partial charge is 0.341 e. The summed E-state index contributed by atoms with van der Waals surface area (Å²) in [6.07, 6.45) is 9.05. The summed E-state index contributed by atoms with van der Waals surface area (Å²) < 4.78 is 0. The van der Waals surface area contributed by atoms with Crippen LogP contribution in [0.2, 0.25) is 0 Å². The average molecular weight is 499 g/mol. The number of nitrogens with one attached hydrogen (secondary N) is 4. The Labute approximate surface area is 221 Å². The molecule has 5 aromatic rings. The molecule has 4 unspecified atom stereocenters. The summed E-state index contributed by atoms with van der Waals surface area (Å²) in [6, 6.07) is 24.4. The SMILES string of the molecule is c1cc(-c2cnc([C@@H]3CC4CC4N3)[nH]2)ccc1-c1ccc2cc(-c3cnc([C@@H]4CC5CC5N4)[nH]3)ccc2c1. The smallest absolute Gasteiger partial charge is 0.123 e. The normalized spacial score (nSPS) is 28.9. The number of fused-ring (bicyclic) bond motifs is 3. The molecule has 2 saturated heterocycles. The van der Waals surface area contributed by atoms with Gasteiger partial charge in [-0.25, -0.2) is 9.97 Å². The van der Waals surface area contributed by atoms with E-state index in [2.05, 4.69) is 86.2 Å². The van der Waals surface area contributed by atoms with Crippen molar-refractivity contribution < 1.29 is 0 Å². The lowest BCUT2D eigenvalue weighted by atomic mass is 9.98. The van der Waals surface area contributed by atoms with Gasteiger partial charge in [0.1, 0.15) is 11.6 Å². The number of benzene rings is 3. The van der Waals surface area contributed by atoms with Gasteiger partial charge in [-0.15, -0.1) is 0 Å². The minimum Gasteiger partial charge on any atom is -0.341 e. The standard InChI is InChI=1S/C32H30N6/c1-3-18(29-15-33-31(37-29)27-13-23-11-25(23)35-27)4-2-17(1)19-5-6-21-10-22(8-7-20(21)9-19)30-16-34-32(38-30)28-14-24-12-26(24)36-28/h1-10,15-16,23-28,35-36H,11-14H2,(H,33,37)(H,34,38)/t23?,24?,25?,26?,27-,28-/m0/s1. The van der Waals surface area contributed by atoms with E-state index in [0.29, 0.717) is 12.1 Å². The number of rotatable bonds is 5. The van der Waals surface area contributed by atoms with Gasteiger partial charge in [0.2, 0.25) is 0 Å². The maximum Gasteiger partial charge on any atom is 0.123 e. The van der Waals surface area contributed by atoms with E-state index in [0.717, 1.165) is 47.0 Å². The highest BCUT2D eigenvalue weighted by atomic mass is 15.1. The molecule has 188 valence electrons. The molecule has 3 aromatic carbocycles. The highest BCUT2D eigenvalue weighted by Gasteiger charge is 2.47. The van der Waals surface area contributed by atoms with Gasteiger partial charge >= 0.3 is 0 Å². The number of nitrogens with zero attached hydrogens (tertiary/aromatic N) is 2. The number of aromatic amines is 2. The van der Waals surface area contributed by atoms with Gasteiger partial charge < -0.3 is 20.6 Å². The van der Waals surface area contributed by atoms with Gasteiger partial charge in [-0.3, -0.25) is 0 Å². The van der Waals surface area contributed by atoms with E-state index < -0.39 is 0 Å². The number of piperidine rings is 2. The van der Waals surface area contributed by atoms with E-state index in [4.69, 9.17) is 4.98 Å². The van der Waals surface area contributed by atoms with Gasteiger partial charge in [-0.1, -0.05) is 48.5 Å². The fourth-order valence-corrected chi connectivity index (χ4v) is 6.82. The molecule has 0 spiro atoms. The van der Waals surface area contributed by atoms with E-state index in [1.165, 1.54) is 58.7 Å². The van der Waals surface area contributed by atoms with Crippen LogP contribution in [0.4, 0.5) is 0 Å². The molecule has 6 nitrogen and oxygen atoms in total. The Morgan fingerprint density at radius 2 is 1.03 bits per heavy atom. The third-order valence-corrected chi connectivity index (χ3v) is 9.28. The highest BCUT2D eigenvalue weighted by Crippen LogP contribution is 2.46. The lowest BCUT2D eigenvalue weighted by molar-refractivity contribution is 0.543. The van der Waals surface area contributed by atoms with Gasteiger partial charge in [0.05, 0.1) is 35.9 Å². The number of aromatic nitrogens is 4. The van der Waals surface area contributed by atoms with Crippen molar-refractivity contribution in [3.8, 4) is 33.6 Å². The second-order valence-electron chi connectivity index (χ2n) is 11.8. The zero-order valence-corrected chi connectivity index (χ0v) is 21.1. The quantitative estimate of drug-likeness (QED) is 0.235. The third-order valence-electron chi connectivity index (χ3n) is 9.28. The molecule has 4 aliphatic rings. The molecule has 4 N–H and O–H groups in total. The van der Waals surface area contributed by atoms with Crippen molar-refractivity contribution in [1.82, 2.24) is 30.6 Å². The van der Waals surface area contributed by atoms with Crippen molar-refractivity contribution in [2.24, 2.45) is 11.8 Å². The van der Waals surface area contributed by atoms with Crippen molar-refractivity contribution in [3.63, 3.8) is 0 Å². The van der Waals surface area contributed by atoms with E-state index in [1.807, 2.05) is 12.4 Å². The van der Waals surface area contributed by atoms with Crippen LogP contribution in [0, 0.1) is 11.8 Å². The zero-order chi connectivity index (χ0) is 24.8. The fourth-order valence-electron chi connectivity index (χ4n) is 6.82. The Hall–Kier alpha value is -3.74. The lowest BCUT2D eigenvalue weighted by Gasteiger charge is -2.10. The van der Waals surface area contributed by atoms with Crippen LogP contribution in [-0.4, -0.2) is 32.0 Å².